The highest BCUT2D eigenvalue weighted by molar-refractivity contribution is 5.95. The summed E-state index contributed by atoms with van der Waals surface area (Å²) in [6.07, 6.45) is 9.02. The molecule has 22 heavy (non-hydrogen) atoms. The highest BCUT2D eigenvalue weighted by Gasteiger charge is 2.15. The Bertz CT molecular complexity index is 647. The van der Waals surface area contributed by atoms with Gasteiger partial charge < -0.3 is 10.1 Å². The maximum Gasteiger partial charge on any atom is 0.252 e. The number of nitrogens with zero attached hydrogens (tertiary/aromatic N) is 3. The molecule has 116 valence electrons. The molecule has 0 aromatic carbocycles. The Hall–Kier alpha value is -2.21. The number of aryl methyl sites for hydroxylation is 1. The van der Waals surface area contributed by atoms with Crippen molar-refractivity contribution in [3.05, 3.63) is 36.4 Å². The summed E-state index contributed by atoms with van der Waals surface area (Å²) in [5, 5.41) is 7.14. The van der Waals surface area contributed by atoms with Crippen LogP contribution in [0, 0.1) is 5.92 Å². The molecule has 1 saturated heterocycles. The fourth-order valence-electron chi connectivity index (χ4n) is 2.58. The smallest absolute Gasteiger partial charge is 0.252 e. The number of carbonyl (C=O) groups is 1. The zero-order valence-corrected chi connectivity index (χ0v) is 12.7. The Morgan fingerprint density at radius 2 is 2.14 bits per heavy atom. The van der Waals surface area contributed by atoms with Crippen molar-refractivity contribution in [1.82, 2.24) is 20.1 Å². The van der Waals surface area contributed by atoms with Crippen LogP contribution in [0.15, 0.2) is 30.9 Å². The molecule has 1 aliphatic heterocycles. The third kappa shape index (κ3) is 3.51. The van der Waals surface area contributed by atoms with Gasteiger partial charge in [0.25, 0.3) is 5.91 Å². The lowest BCUT2D eigenvalue weighted by molar-refractivity contribution is 0.0642. The molecule has 6 nitrogen and oxygen atoms in total. The van der Waals surface area contributed by atoms with Crippen molar-refractivity contribution in [2.75, 3.05) is 19.8 Å². The van der Waals surface area contributed by atoms with Crippen molar-refractivity contribution in [3.63, 3.8) is 0 Å². The van der Waals surface area contributed by atoms with Gasteiger partial charge in [0.1, 0.15) is 0 Å². The Morgan fingerprint density at radius 1 is 1.32 bits per heavy atom. The highest BCUT2D eigenvalue weighted by atomic mass is 16.5. The molecule has 3 rings (SSSR count). The monoisotopic (exact) mass is 300 g/mol. The van der Waals surface area contributed by atoms with Gasteiger partial charge in [-0.1, -0.05) is 0 Å². The Balaban J connectivity index is 1.65. The minimum absolute atomic E-state index is 0.0790. The molecule has 0 radical (unpaired) electrons. The molecule has 6 heteroatoms. The molecule has 0 unspecified atom stereocenters. The van der Waals surface area contributed by atoms with E-state index in [4.69, 9.17) is 4.74 Å². The number of carbonyl (C=O) groups excluding carboxylic acids is 1. The van der Waals surface area contributed by atoms with Crippen LogP contribution in [0.25, 0.3) is 11.1 Å². The van der Waals surface area contributed by atoms with Gasteiger partial charge in [0.15, 0.2) is 0 Å². The normalized spacial score (nSPS) is 15.7. The highest BCUT2D eigenvalue weighted by Crippen LogP contribution is 2.18. The summed E-state index contributed by atoms with van der Waals surface area (Å²) >= 11 is 0. The Kier molecular flexibility index (Phi) is 4.48. The van der Waals surface area contributed by atoms with Crippen molar-refractivity contribution in [3.8, 4) is 11.1 Å². The van der Waals surface area contributed by atoms with Crippen LogP contribution in [0.3, 0.4) is 0 Å². The summed E-state index contributed by atoms with van der Waals surface area (Å²) in [4.78, 5) is 16.4. The van der Waals surface area contributed by atoms with Gasteiger partial charge in [-0.05, 0) is 24.8 Å². The van der Waals surface area contributed by atoms with Crippen LogP contribution in [0.1, 0.15) is 23.2 Å². The molecule has 0 atom stereocenters. The van der Waals surface area contributed by atoms with Gasteiger partial charge >= 0.3 is 0 Å². The van der Waals surface area contributed by atoms with E-state index in [0.717, 1.165) is 37.2 Å². The van der Waals surface area contributed by atoms with Crippen molar-refractivity contribution < 1.29 is 9.53 Å². The Morgan fingerprint density at radius 3 is 2.86 bits per heavy atom. The standard InChI is InChI=1S/C16H20N4O2/c1-20-11-15(10-19-20)13-6-14(9-17-8-13)16(21)18-7-12-2-4-22-5-3-12/h6,8-12H,2-5,7H2,1H3,(H,18,21). The van der Waals surface area contributed by atoms with Crippen LogP contribution < -0.4 is 5.32 Å². The number of rotatable bonds is 4. The molecular formula is C16H20N4O2. The van der Waals surface area contributed by atoms with E-state index >= 15 is 0 Å². The number of hydrogen-bond acceptors (Lipinski definition) is 4. The summed E-state index contributed by atoms with van der Waals surface area (Å²) in [6, 6.07) is 1.85. The zero-order valence-electron chi connectivity index (χ0n) is 12.7. The van der Waals surface area contributed by atoms with Crippen molar-refractivity contribution in [2.24, 2.45) is 13.0 Å². The summed E-state index contributed by atoms with van der Waals surface area (Å²) in [7, 11) is 1.86. The molecule has 3 heterocycles. The van der Waals surface area contributed by atoms with E-state index in [-0.39, 0.29) is 5.91 Å². The van der Waals surface area contributed by atoms with Crippen LogP contribution >= 0.6 is 0 Å². The number of pyridine rings is 1. The first-order valence-electron chi connectivity index (χ1n) is 7.52. The molecule has 1 fully saturated rings. The summed E-state index contributed by atoms with van der Waals surface area (Å²) in [5.41, 5.74) is 2.43. The van der Waals surface area contributed by atoms with Gasteiger partial charge in [0.05, 0.1) is 11.8 Å². The van der Waals surface area contributed by atoms with Crippen molar-refractivity contribution >= 4 is 5.91 Å². The van der Waals surface area contributed by atoms with E-state index in [1.165, 1.54) is 0 Å². The van der Waals surface area contributed by atoms with Crippen LogP contribution in [0.5, 0.6) is 0 Å². The second kappa shape index (κ2) is 6.70. The molecule has 2 aromatic heterocycles. The molecule has 0 bridgehead atoms. The van der Waals surface area contributed by atoms with Gasteiger partial charge in [-0.2, -0.15) is 5.10 Å². The average molecular weight is 300 g/mol. The third-order valence-electron chi connectivity index (χ3n) is 3.93. The average Bonchev–Trinajstić information content (AvgIpc) is 3.00. The summed E-state index contributed by atoms with van der Waals surface area (Å²) < 4.78 is 7.06. The fourth-order valence-corrected chi connectivity index (χ4v) is 2.58. The number of hydrogen-bond donors (Lipinski definition) is 1. The van der Waals surface area contributed by atoms with Gasteiger partial charge in [-0.15, -0.1) is 0 Å². The van der Waals surface area contributed by atoms with E-state index < -0.39 is 0 Å². The predicted molar refractivity (Wildman–Crippen MR) is 82.3 cm³/mol. The molecule has 2 aromatic rings. The summed E-state index contributed by atoms with van der Waals surface area (Å²) in [5.74, 6) is 0.428. The maximum absolute atomic E-state index is 12.3. The molecule has 1 N–H and O–H groups in total. The van der Waals surface area contributed by atoms with E-state index in [2.05, 4.69) is 15.4 Å². The molecule has 1 amide bonds. The minimum Gasteiger partial charge on any atom is -0.381 e. The molecule has 1 aliphatic rings. The maximum atomic E-state index is 12.3. The largest absolute Gasteiger partial charge is 0.381 e. The summed E-state index contributed by atoms with van der Waals surface area (Å²) in [6.45, 7) is 2.27. The van der Waals surface area contributed by atoms with E-state index in [0.29, 0.717) is 18.0 Å². The third-order valence-corrected chi connectivity index (χ3v) is 3.93. The van der Waals surface area contributed by atoms with Crippen LogP contribution in [-0.4, -0.2) is 40.4 Å². The van der Waals surface area contributed by atoms with Gasteiger partial charge in [-0.3, -0.25) is 14.5 Å². The molecule has 0 aliphatic carbocycles. The van der Waals surface area contributed by atoms with E-state index in [1.54, 1.807) is 23.3 Å². The van der Waals surface area contributed by atoms with Crippen LogP contribution in [0.2, 0.25) is 0 Å². The quantitative estimate of drug-likeness (QED) is 0.932. The van der Waals surface area contributed by atoms with Gasteiger partial charge in [0.2, 0.25) is 0 Å². The zero-order chi connectivity index (χ0) is 15.4. The lowest BCUT2D eigenvalue weighted by Gasteiger charge is -2.22. The minimum atomic E-state index is -0.0790. The van der Waals surface area contributed by atoms with Gasteiger partial charge in [-0.25, -0.2) is 0 Å². The number of aromatic nitrogens is 3. The van der Waals surface area contributed by atoms with Crippen LogP contribution in [0.4, 0.5) is 0 Å². The lowest BCUT2D eigenvalue weighted by atomic mass is 10.0. The topological polar surface area (TPSA) is 69.0 Å². The number of amides is 1. The Labute approximate surface area is 129 Å². The first kappa shape index (κ1) is 14.7. The van der Waals surface area contributed by atoms with Gasteiger partial charge in [0, 0.05) is 56.5 Å². The van der Waals surface area contributed by atoms with E-state index in [9.17, 15) is 4.79 Å². The second-order valence-electron chi connectivity index (χ2n) is 5.63. The van der Waals surface area contributed by atoms with Crippen molar-refractivity contribution in [2.45, 2.75) is 12.8 Å². The first-order valence-corrected chi connectivity index (χ1v) is 7.52. The second-order valence-corrected chi connectivity index (χ2v) is 5.63. The first-order chi connectivity index (χ1) is 10.7. The van der Waals surface area contributed by atoms with Crippen LogP contribution in [-0.2, 0) is 11.8 Å². The molecule has 0 saturated carbocycles. The number of ether oxygens (including phenoxy) is 1. The number of nitrogens with one attached hydrogen (secondary N) is 1. The SMILES string of the molecule is Cn1cc(-c2cncc(C(=O)NCC3CCOCC3)c2)cn1. The fraction of sp³-hybridized carbons (Fsp3) is 0.438. The molecular weight excluding hydrogens is 280 g/mol. The van der Waals surface area contributed by atoms with Crippen molar-refractivity contribution in [1.29, 1.82) is 0 Å². The predicted octanol–water partition coefficient (Wildman–Crippen LogP) is 1.64. The molecule has 0 spiro atoms. The lowest BCUT2D eigenvalue weighted by Crippen LogP contribution is -2.32. The van der Waals surface area contributed by atoms with E-state index in [1.807, 2.05) is 19.3 Å².